The number of hydrogen-bond donors (Lipinski definition) is 0. The average Bonchev–Trinajstić information content (AvgIpc) is 2.42. The summed E-state index contributed by atoms with van der Waals surface area (Å²) in [6.45, 7) is 6.80. The second kappa shape index (κ2) is 4.64. The summed E-state index contributed by atoms with van der Waals surface area (Å²) in [5.41, 5.74) is -0.135. The van der Waals surface area contributed by atoms with Crippen molar-refractivity contribution in [3.8, 4) is 5.88 Å². The maximum atomic E-state index is 11.8. The quantitative estimate of drug-likeness (QED) is 0.771. The second-order valence-corrected chi connectivity index (χ2v) is 6.52. The van der Waals surface area contributed by atoms with E-state index < -0.39 is 21.8 Å². The Morgan fingerprint density at radius 2 is 1.89 bits per heavy atom. The van der Waals surface area contributed by atoms with Gasteiger partial charge in [0.1, 0.15) is 5.60 Å². The van der Waals surface area contributed by atoms with Gasteiger partial charge in [0, 0.05) is 11.8 Å². The summed E-state index contributed by atoms with van der Waals surface area (Å²) < 4.78 is 33.2. The molecule has 0 amide bonds. The number of carbonyl (C=O) groups excluding carboxylic acids is 1. The molecule has 0 aliphatic carbocycles. The number of aromatic nitrogens is 1. The van der Waals surface area contributed by atoms with Gasteiger partial charge in [0.15, 0.2) is 0 Å². The first-order valence-electron chi connectivity index (χ1n) is 5.30. The van der Waals surface area contributed by atoms with E-state index in [1.165, 1.54) is 6.20 Å². The molecule has 0 N–H and O–H groups in total. The lowest BCUT2D eigenvalue weighted by atomic mass is 10.2. The number of nitrogens with zero attached hydrogens (tertiary/aromatic N) is 1. The molecular weight excluding hydrogens is 258 g/mol. The van der Waals surface area contributed by atoms with E-state index in [1.807, 2.05) is 0 Å². The molecule has 0 bridgehead atoms. The molecule has 0 aliphatic rings. The summed E-state index contributed by atoms with van der Waals surface area (Å²) in [5, 5.41) is 0. The molecule has 1 rings (SSSR count). The summed E-state index contributed by atoms with van der Waals surface area (Å²) in [4.78, 5) is 11.8. The van der Waals surface area contributed by atoms with Crippen LogP contribution in [-0.4, -0.2) is 30.9 Å². The minimum atomic E-state index is -3.70. The van der Waals surface area contributed by atoms with Crippen molar-refractivity contribution < 1.29 is 22.1 Å². The maximum absolute atomic E-state index is 11.8. The molecule has 6 nitrogen and oxygen atoms in total. The lowest BCUT2D eigenvalue weighted by Crippen LogP contribution is -2.27. The summed E-state index contributed by atoms with van der Waals surface area (Å²) in [6.07, 6.45) is 1.64. The summed E-state index contributed by atoms with van der Waals surface area (Å²) in [7, 11) is -3.70. The number of carbonyl (C=O) groups is 1. The topological polar surface area (TPSA) is 74.6 Å². The van der Waals surface area contributed by atoms with Crippen LogP contribution < -0.4 is 4.18 Å². The van der Waals surface area contributed by atoms with E-state index in [1.54, 1.807) is 33.8 Å². The number of aryl methyl sites for hydroxylation is 1. The van der Waals surface area contributed by atoms with Crippen LogP contribution in [0.25, 0.3) is 0 Å². The van der Waals surface area contributed by atoms with Gasteiger partial charge in [-0.15, -0.1) is 0 Å². The Kier molecular flexibility index (Phi) is 3.75. The molecule has 7 heteroatoms. The Morgan fingerprint density at radius 1 is 1.33 bits per heavy atom. The van der Waals surface area contributed by atoms with E-state index in [-0.39, 0.29) is 5.88 Å². The standard InChI is InChI=1S/C11H17NO5S/c1-8-6-7-12(9(8)17-18(5,14)15)10(13)16-11(2,3)4/h6-7H,1-5H3. The number of ether oxygens (including phenoxy) is 1. The first kappa shape index (κ1) is 14.6. The number of rotatable bonds is 2. The smallest absolute Gasteiger partial charge is 0.421 e. The van der Waals surface area contributed by atoms with Crippen LogP contribution in [0.2, 0.25) is 0 Å². The van der Waals surface area contributed by atoms with Gasteiger partial charge in [-0.3, -0.25) is 0 Å². The van der Waals surface area contributed by atoms with E-state index in [0.717, 1.165) is 10.8 Å². The van der Waals surface area contributed by atoms with Gasteiger partial charge in [0.25, 0.3) is 0 Å². The van der Waals surface area contributed by atoms with Crippen molar-refractivity contribution in [2.45, 2.75) is 33.3 Å². The second-order valence-electron chi connectivity index (χ2n) is 4.94. The highest BCUT2D eigenvalue weighted by Gasteiger charge is 2.22. The van der Waals surface area contributed by atoms with Gasteiger partial charge in [-0.25, -0.2) is 9.36 Å². The van der Waals surface area contributed by atoms with Gasteiger partial charge >= 0.3 is 16.2 Å². The summed E-state index contributed by atoms with van der Waals surface area (Å²) >= 11 is 0. The van der Waals surface area contributed by atoms with E-state index in [2.05, 4.69) is 0 Å². The molecule has 0 aliphatic heterocycles. The molecule has 0 saturated heterocycles. The van der Waals surface area contributed by atoms with Crippen molar-refractivity contribution in [2.75, 3.05) is 6.26 Å². The fraction of sp³-hybridized carbons (Fsp3) is 0.545. The van der Waals surface area contributed by atoms with Crippen LogP contribution in [0.3, 0.4) is 0 Å². The summed E-state index contributed by atoms with van der Waals surface area (Å²) in [6, 6.07) is 1.57. The van der Waals surface area contributed by atoms with Crippen molar-refractivity contribution in [3.05, 3.63) is 17.8 Å². The summed E-state index contributed by atoms with van der Waals surface area (Å²) in [5.74, 6) is -0.0493. The third kappa shape index (κ3) is 4.06. The SMILES string of the molecule is Cc1ccn(C(=O)OC(C)(C)C)c1OS(C)(=O)=O. The predicted octanol–water partition coefficient (Wildman–Crippen LogP) is 1.92. The molecule has 0 atom stereocenters. The van der Waals surface area contributed by atoms with Crippen molar-refractivity contribution in [1.29, 1.82) is 0 Å². The Balaban J connectivity index is 3.08. The van der Waals surface area contributed by atoms with Gasteiger partial charge in [-0.05, 0) is 33.8 Å². The van der Waals surface area contributed by atoms with Gasteiger partial charge in [-0.2, -0.15) is 8.42 Å². The zero-order valence-corrected chi connectivity index (χ0v) is 11.9. The predicted molar refractivity (Wildman–Crippen MR) is 66.3 cm³/mol. The Hall–Kier alpha value is -1.50. The molecule has 0 aromatic carbocycles. The lowest BCUT2D eigenvalue weighted by molar-refractivity contribution is 0.0530. The molecule has 0 saturated carbocycles. The van der Waals surface area contributed by atoms with Gasteiger partial charge < -0.3 is 8.92 Å². The van der Waals surface area contributed by atoms with Gasteiger partial charge in [0.2, 0.25) is 5.88 Å². The molecule has 0 unspecified atom stereocenters. The Bertz CT molecular complexity index is 550. The fourth-order valence-corrected chi connectivity index (χ4v) is 1.72. The van der Waals surface area contributed by atoms with Crippen molar-refractivity contribution >= 4 is 16.2 Å². The molecular formula is C11H17NO5S. The molecule has 1 heterocycles. The van der Waals surface area contributed by atoms with Gasteiger partial charge in [0.05, 0.1) is 6.26 Å². The molecule has 0 fully saturated rings. The average molecular weight is 275 g/mol. The van der Waals surface area contributed by atoms with Gasteiger partial charge in [-0.1, -0.05) is 0 Å². The Morgan fingerprint density at radius 3 is 2.33 bits per heavy atom. The first-order valence-corrected chi connectivity index (χ1v) is 7.12. The lowest BCUT2D eigenvalue weighted by Gasteiger charge is -2.20. The molecule has 1 aromatic heterocycles. The highest BCUT2D eigenvalue weighted by atomic mass is 32.2. The normalized spacial score (nSPS) is 12.3. The van der Waals surface area contributed by atoms with Crippen LogP contribution in [0, 0.1) is 6.92 Å². The van der Waals surface area contributed by atoms with E-state index in [0.29, 0.717) is 5.56 Å². The molecule has 102 valence electrons. The van der Waals surface area contributed by atoms with Crippen molar-refractivity contribution in [2.24, 2.45) is 0 Å². The highest BCUT2D eigenvalue weighted by Crippen LogP contribution is 2.22. The Labute approximate surface area is 107 Å². The fourth-order valence-electron chi connectivity index (χ4n) is 1.22. The van der Waals surface area contributed by atoms with Crippen LogP contribution in [0.4, 0.5) is 4.79 Å². The monoisotopic (exact) mass is 275 g/mol. The van der Waals surface area contributed by atoms with Crippen molar-refractivity contribution in [1.82, 2.24) is 4.57 Å². The van der Waals surface area contributed by atoms with Crippen LogP contribution in [0.15, 0.2) is 12.3 Å². The molecule has 1 aromatic rings. The highest BCUT2D eigenvalue weighted by molar-refractivity contribution is 7.86. The molecule has 18 heavy (non-hydrogen) atoms. The zero-order chi connectivity index (χ0) is 14.1. The third-order valence-corrected chi connectivity index (χ3v) is 2.31. The minimum Gasteiger partial charge on any atom is -0.443 e. The van der Waals surface area contributed by atoms with Crippen LogP contribution in [-0.2, 0) is 14.9 Å². The first-order chi connectivity index (χ1) is 7.99. The van der Waals surface area contributed by atoms with Crippen molar-refractivity contribution in [3.63, 3.8) is 0 Å². The van der Waals surface area contributed by atoms with E-state index in [9.17, 15) is 13.2 Å². The zero-order valence-electron chi connectivity index (χ0n) is 11.1. The largest absolute Gasteiger partial charge is 0.443 e. The van der Waals surface area contributed by atoms with Crippen LogP contribution >= 0.6 is 0 Å². The van der Waals surface area contributed by atoms with E-state index in [4.69, 9.17) is 8.92 Å². The molecule has 0 spiro atoms. The van der Waals surface area contributed by atoms with E-state index >= 15 is 0 Å². The molecule has 0 radical (unpaired) electrons. The third-order valence-electron chi connectivity index (χ3n) is 1.85. The number of hydrogen-bond acceptors (Lipinski definition) is 5. The maximum Gasteiger partial charge on any atom is 0.421 e. The minimum absolute atomic E-state index is 0.0493. The van der Waals surface area contributed by atoms with Crippen LogP contribution in [0.1, 0.15) is 26.3 Å². The van der Waals surface area contributed by atoms with Crippen LogP contribution in [0.5, 0.6) is 5.88 Å².